The van der Waals surface area contributed by atoms with Crippen LogP contribution >= 0.6 is 0 Å². The molecule has 86 valence electrons. The Morgan fingerprint density at radius 3 is 2.62 bits per heavy atom. The molecule has 1 unspecified atom stereocenters. The molecular weight excluding hydrogens is 219 g/mol. The average Bonchev–Trinajstić information content (AvgIpc) is 2.59. The standard InChI is InChI=1S/C10H10F3N3/c1-5(14)6-3-2-4-7-8(6)15-16-9(7)10(11,12)13/h2-5H,14H2,1H3,(H,15,16). The number of fused-ring (bicyclic) bond motifs is 1. The summed E-state index contributed by atoms with van der Waals surface area (Å²) in [4.78, 5) is 0. The van der Waals surface area contributed by atoms with Crippen molar-refractivity contribution in [3.63, 3.8) is 0 Å². The van der Waals surface area contributed by atoms with Gasteiger partial charge in [-0.3, -0.25) is 5.10 Å². The fourth-order valence-electron chi connectivity index (χ4n) is 1.64. The lowest BCUT2D eigenvalue weighted by Gasteiger charge is -2.06. The van der Waals surface area contributed by atoms with Crippen molar-refractivity contribution >= 4 is 10.9 Å². The summed E-state index contributed by atoms with van der Waals surface area (Å²) >= 11 is 0. The number of alkyl halides is 3. The van der Waals surface area contributed by atoms with Crippen molar-refractivity contribution in [1.82, 2.24) is 10.2 Å². The Bertz CT molecular complexity index is 513. The fourth-order valence-corrected chi connectivity index (χ4v) is 1.64. The van der Waals surface area contributed by atoms with Gasteiger partial charge in [-0.1, -0.05) is 18.2 Å². The molecule has 1 heterocycles. The fraction of sp³-hybridized carbons (Fsp3) is 0.300. The molecule has 0 bridgehead atoms. The van der Waals surface area contributed by atoms with Gasteiger partial charge in [-0.15, -0.1) is 0 Å². The molecule has 6 heteroatoms. The molecule has 0 aliphatic heterocycles. The highest BCUT2D eigenvalue weighted by atomic mass is 19.4. The minimum absolute atomic E-state index is 0.0577. The molecule has 1 aromatic carbocycles. The number of halogens is 3. The molecule has 0 aliphatic rings. The van der Waals surface area contributed by atoms with Gasteiger partial charge < -0.3 is 5.73 Å². The maximum atomic E-state index is 12.6. The highest BCUT2D eigenvalue weighted by Crippen LogP contribution is 2.34. The number of H-pyrrole nitrogens is 1. The minimum Gasteiger partial charge on any atom is -0.324 e. The first-order valence-electron chi connectivity index (χ1n) is 4.71. The SMILES string of the molecule is CC(N)c1cccc2c(C(F)(F)F)[nH]nc12. The van der Waals surface area contributed by atoms with E-state index < -0.39 is 11.9 Å². The smallest absolute Gasteiger partial charge is 0.324 e. The first-order valence-corrected chi connectivity index (χ1v) is 4.71. The number of benzene rings is 1. The lowest BCUT2D eigenvalue weighted by Crippen LogP contribution is -2.06. The van der Waals surface area contributed by atoms with Crippen molar-refractivity contribution in [2.24, 2.45) is 5.73 Å². The second-order valence-electron chi connectivity index (χ2n) is 3.63. The number of hydrogen-bond acceptors (Lipinski definition) is 2. The van der Waals surface area contributed by atoms with E-state index >= 15 is 0 Å². The van der Waals surface area contributed by atoms with Crippen LogP contribution in [-0.4, -0.2) is 10.2 Å². The molecule has 1 aromatic heterocycles. The predicted molar refractivity (Wildman–Crippen MR) is 53.7 cm³/mol. The summed E-state index contributed by atoms with van der Waals surface area (Å²) in [5.74, 6) is 0. The Morgan fingerprint density at radius 1 is 1.38 bits per heavy atom. The van der Waals surface area contributed by atoms with Gasteiger partial charge in [0.05, 0.1) is 5.52 Å². The van der Waals surface area contributed by atoms with Crippen molar-refractivity contribution in [3.8, 4) is 0 Å². The van der Waals surface area contributed by atoms with E-state index in [1.807, 2.05) is 5.10 Å². The molecule has 0 aliphatic carbocycles. The third kappa shape index (κ3) is 1.65. The largest absolute Gasteiger partial charge is 0.433 e. The minimum atomic E-state index is -4.43. The van der Waals surface area contributed by atoms with E-state index in [4.69, 9.17) is 5.73 Å². The highest BCUT2D eigenvalue weighted by molar-refractivity contribution is 5.85. The monoisotopic (exact) mass is 229 g/mol. The number of aromatic amines is 1. The topological polar surface area (TPSA) is 54.7 Å². The van der Waals surface area contributed by atoms with Gasteiger partial charge in [0.15, 0.2) is 0 Å². The van der Waals surface area contributed by atoms with Crippen LogP contribution in [0.1, 0.15) is 24.2 Å². The van der Waals surface area contributed by atoms with E-state index in [1.165, 1.54) is 6.07 Å². The normalized spacial score (nSPS) is 14.3. The molecule has 0 spiro atoms. The van der Waals surface area contributed by atoms with Crippen LogP contribution in [0.2, 0.25) is 0 Å². The zero-order chi connectivity index (χ0) is 11.9. The predicted octanol–water partition coefficient (Wildman–Crippen LogP) is 2.60. The van der Waals surface area contributed by atoms with E-state index in [-0.39, 0.29) is 16.9 Å². The van der Waals surface area contributed by atoms with Crippen molar-refractivity contribution < 1.29 is 13.2 Å². The van der Waals surface area contributed by atoms with Crippen LogP contribution in [-0.2, 0) is 6.18 Å². The number of nitrogens with one attached hydrogen (secondary N) is 1. The van der Waals surface area contributed by atoms with Gasteiger partial charge in [-0.05, 0) is 12.5 Å². The first-order chi connectivity index (χ1) is 7.41. The summed E-state index contributed by atoms with van der Waals surface area (Å²) in [6, 6.07) is 4.25. The maximum absolute atomic E-state index is 12.6. The highest BCUT2D eigenvalue weighted by Gasteiger charge is 2.35. The van der Waals surface area contributed by atoms with Crippen molar-refractivity contribution in [2.75, 3.05) is 0 Å². The molecule has 0 radical (unpaired) electrons. The van der Waals surface area contributed by atoms with Crippen LogP contribution in [0.5, 0.6) is 0 Å². The van der Waals surface area contributed by atoms with Gasteiger partial charge in [-0.2, -0.15) is 18.3 Å². The Kier molecular flexibility index (Phi) is 2.38. The summed E-state index contributed by atoms with van der Waals surface area (Å²) in [5.41, 5.74) is 5.72. The quantitative estimate of drug-likeness (QED) is 0.789. The van der Waals surface area contributed by atoms with Gasteiger partial charge in [0.25, 0.3) is 0 Å². The van der Waals surface area contributed by atoms with Crippen LogP contribution in [0.25, 0.3) is 10.9 Å². The molecule has 0 fully saturated rings. The van der Waals surface area contributed by atoms with Gasteiger partial charge in [0.1, 0.15) is 5.69 Å². The lowest BCUT2D eigenvalue weighted by atomic mass is 10.0. The van der Waals surface area contributed by atoms with Crippen LogP contribution in [0.3, 0.4) is 0 Å². The first kappa shape index (κ1) is 10.9. The molecule has 0 saturated heterocycles. The van der Waals surface area contributed by atoms with Gasteiger partial charge in [0.2, 0.25) is 0 Å². The number of para-hydroxylation sites is 1. The maximum Gasteiger partial charge on any atom is 0.433 e. The number of nitrogens with zero attached hydrogens (tertiary/aromatic N) is 1. The van der Waals surface area contributed by atoms with Crippen molar-refractivity contribution in [3.05, 3.63) is 29.5 Å². The van der Waals surface area contributed by atoms with E-state index in [9.17, 15) is 13.2 Å². The Labute approximate surface area is 89.4 Å². The third-order valence-electron chi connectivity index (χ3n) is 2.39. The lowest BCUT2D eigenvalue weighted by molar-refractivity contribution is -0.139. The summed E-state index contributed by atoms with van der Waals surface area (Å²) < 4.78 is 37.7. The third-order valence-corrected chi connectivity index (χ3v) is 2.39. The summed E-state index contributed by atoms with van der Waals surface area (Å²) in [7, 11) is 0. The summed E-state index contributed by atoms with van der Waals surface area (Å²) in [5, 5.41) is 5.76. The molecular formula is C10H10F3N3. The average molecular weight is 229 g/mol. The van der Waals surface area contributed by atoms with Crippen LogP contribution < -0.4 is 5.73 Å². The van der Waals surface area contributed by atoms with Crippen molar-refractivity contribution in [1.29, 1.82) is 0 Å². The molecule has 0 saturated carbocycles. The second kappa shape index (κ2) is 3.48. The van der Waals surface area contributed by atoms with E-state index in [1.54, 1.807) is 19.1 Å². The Balaban J connectivity index is 2.71. The van der Waals surface area contributed by atoms with E-state index in [2.05, 4.69) is 5.10 Å². The van der Waals surface area contributed by atoms with Crippen LogP contribution in [0.4, 0.5) is 13.2 Å². The number of nitrogens with two attached hydrogens (primary N) is 1. The molecule has 3 nitrogen and oxygen atoms in total. The Hall–Kier alpha value is -1.56. The molecule has 0 amide bonds. The van der Waals surface area contributed by atoms with E-state index in [0.717, 1.165) is 0 Å². The zero-order valence-corrected chi connectivity index (χ0v) is 8.47. The van der Waals surface area contributed by atoms with Gasteiger partial charge in [0, 0.05) is 11.4 Å². The van der Waals surface area contributed by atoms with Gasteiger partial charge in [-0.25, -0.2) is 0 Å². The molecule has 3 N–H and O–H groups in total. The van der Waals surface area contributed by atoms with E-state index in [0.29, 0.717) is 5.56 Å². The number of hydrogen-bond donors (Lipinski definition) is 2. The second-order valence-corrected chi connectivity index (χ2v) is 3.63. The molecule has 1 atom stereocenters. The molecule has 16 heavy (non-hydrogen) atoms. The van der Waals surface area contributed by atoms with Gasteiger partial charge >= 0.3 is 6.18 Å². The summed E-state index contributed by atoms with van der Waals surface area (Å²) in [6.07, 6.45) is -4.43. The molecule has 2 rings (SSSR count). The number of aromatic nitrogens is 2. The zero-order valence-electron chi connectivity index (χ0n) is 8.47. The Morgan fingerprint density at radius 2 is 2.06 bits per heavy atom. The molecule has 2 aromatic rings. The van der Waals surface area contributed by atoms with Crippen LogP contribution in [0.15, 0.2) is 18.2 Å². The summed E-state index contributed by atoms with van der Waals surface area (Å²) in [6.45, 7) is 1.71. The van der Waals surface area contributed by atoms with Crippen LogP contribution in [0, 0.1) is 0 Å². The number of rotatable bonds is 1. The van der Waals surface area contributed by atoms with Crippen molar-refractivity contribution in [2.45, 2.75) is 19.1 Å².